The van der Waals surface area contributed by atoms with Gasteiger partial charge in [0, 0.05) is 37.7 Å². The van der Waals surface area contributed by atoms with E-state index in [0.717, 1.165) is 49.1 Å². The number of aryl methyl sites for hydroxylation is 1. The van der Waals surface area contributed by atoms with Gasteiger partial charge in [0.2, 0.25) is 0 Å². The number of thiocarbonyl (C=S) groups is 1. The van der Waals surface area contributed by atoms with E-state index in [4.69, 9.17) is 21.7 Å². The van der Waals surface area contributed by atoms with E-state index < -0.39 is 0 Å². The molecule has 0 aromatic carbocycles. The average molecular weight is 480 g/mol. The number of thiophene rings is 1. The molecule has 2 fully saturated rings. The van der Waals surface area contributed by atoms with Crippen LogP contribution in [-0.2, 0) is 27.1 Å². The lowest BCUT2D eigenvalue weighted by Gasteiger charge is -2.37. The third kappa shape index (κ3) is 5.26. The van der Waals surface area contributed by atoms with Crippen molar-refractivity contribution in [2.45, 2.75) is 64.4 Å². The number of hydrogen-bond donors (Lipinski definition) is 1. The molecule has 176 valence electrons. The molecule has 1 aromatic rings. The van der Waals surface area contributed by atoms with Crippen molar-refractivity contribution in [3.63, 3.8) is 0 Å². The number of carbonyl (C=O) groups is 2. The molecule has 2 aliphatic heterocycles. The average Bonchev–Trinajstić information content (AvgIpc) is 3.42. The van der Waals surface area contributed by atoms with E-state index in [1.54, 1.807) is 11.3 Å². The summed E-state index contributed by atoms with van der Waals surface area (Å²) in [7, 11) is 0. The fourth-order valence-corrected chi connectivity index (χ4v) is 6.33. The zero-order chi connectivity index (χ0) is 22.5. The maximum absolute atomic E-state index is 12.8. The second-order valence-electron chi connectivity index (χ2n) is 8.59. The summed E-state index contributed by atoms with van der Waals surface area (Å²) in [5.41, 5.74) is 1.81. The number of rotatable bonds is 4. The van der Waals surface area contributed by atoms with Gasteiger partial charge in [-0.1, -0.05) is 12.8 Å². The van der Waals surface area contributed by atoms with Crippen LogP contribution in [0.3, 0.4) is 0 Å². The molecule has 1 amide bonds. The molecule has 1 aromatic heterocycles. The number of carbonyl (C=O) groups excluding carboxylic acids is 2. The minimum Gasteiger partial charge on any atom is -0.462 e. The van der Waals surface area contributed by atoms with Gasteiger partial charge in [-0.15, -0.1) is 11.3 Å². The van der Waals surface area contributed by atoms with Crippen LogP contribution in [0.25, 0.3) is 0 Å². The van der Waals surface area contributed by atoms with Crippen LogP contribution >= 0.6 is 23.6 Å². The number of hydrogen-bond acceptors (Lipinski definition) is 6. The Hall–Kier alpha value is -1.71. The molecule has 0 spiro atoms. The molecule has 9 heteroatoms. The fraction of sp³-hybridized carbons (Fsp3) is 0.696. The van der Waals surface area contributed by atoms with Crippen LogP contribution in [0, 0.1) is 0 Å². The summed E-state index contributed by atoms with van der Waals surface area (Å²) < 4.78 is 10.9. The first-order chi connectivity index (χ1) is 15.6. The van der Waals surface area contributed by atoms with Crippen molar-refractivity contribution in [3.05, 3.63) is 16.0 Å². The maximum Gasteiger partial charge on any atom is 0.341 e. The van der Waals surface area contributed by atoms with Gasteiger partial charge in [-0.05, 0) is 63.2 Å². The zero-order valence-electron chi connectivity index (χ0n) is 18.8. The van der Waals surface area contributed by atoms with Gasteiger partial charge in [-0.25, -0.2) is 4.79 Å². The molecule has 3 aliphatic rings. The van der Waals surface area contributed by atoms with Crippen LogP contribution < -0.4 is 5.32 Å². The fourth-order valence-electron chi connectivity index (χ4n) is 4.71. The molecular weight excluding hydrogens is 446 g/mol. The molecule has 0 radical (unpaired) electrons. The number of esters is 1. The van der Waals surface area contributed by atoms with Crippen molar-refractivity contribution < 1.29 is 19.1 Å². The SMILES string of the molecule is CCOC(=O)c1c(NC(=S)N2CCN(C(=O)[C@@H]3CCCO3)CC2)sc2c1CCCCCC2. The Labute approximate surface area is 199 Å². The van der Waals surface area contributed by atoms with Gasteiger partial charge in [0.25, 0.3) is 5.91 Å². The van der Waals surface area contributed by atoms with Gasteiger partial charge < -0.3 is 24.6 Å². The van der Waals surface area contributed by atoms with Crippen LogP contribution in [0.4, 0.5) is 5.00 Å². The van der Waals surface area contributed by atoms with E-state index >= 15 is 0 Å². The van der Waals surface area contributed by atoms with Crippen LogP contribution in [0.2, 0.25) is 0 Å². The van der Waals surface area contributed by atoms with E-state index in [1.165, 1.54) is 17.7 Å². The summed E-state index contributed by atoms with van der Waals surface area (Å²) in [6, 6.07) is 0. The Balaban J connectivity index is 1.43. The number of nitrogens with one attached hydrogen (secondary N) is 1. The van der Waals surface area contributed by atoms with E-state index in [1.807, 2.05) is 11.8 Å². The van der Waals surface area contributed by atoms with Gasteiger partial charge in [0.05, 0.1) is 12.2 Å². The Morgan fingerprint density at radius 2 is 1.81 bits per heavy atom. The standard InChI is InChI=1S/C23H33N3O4S2/c1-2-29-22(28)19-16-8-5-3-4-6-10-18(16)32-20(19)24-23(31)26-13-11-25(12-14-26)21(27)17-9-7-15-30-17/h17H,2-15H2,1H3,(H,24,31)/t17-/m0/s1. The summed E-state index contributed by atoms with van der Waals surface area (Å²) in [4.78, 5) is 30.7. The molecule has 0 bridgehead atoms. The number of nitrogens with zero attached hydrogens (tertiary/aromatic N) is 2. The van der Waals surface area contributed by atoms with E-state index in [9.17, 15) is 9.59 Å². The molecule has 0 saturated carbocycles. The second-order valence-corrected chi connectivity index (χ2v) is 10.1. The van der Waals surface area contributed by atoms with Crippen LogP contribution in [0.5, 0.6) is 0 Å². The van der Waals surface area contributed by atoms with Gasteiger partial charge in [-0.2, -0.15) is 0 Å². The number of ether oxygens (including phenoxy) is 2. The van der Waals surface area contributed by atoms with Crippen molar-refractivity contribution >= 4 is 45.5 Å². The van der Waals surface area contributed by atoms with Crippen LogP contribution in [0.15, 0.2) is 0 Å². The third-order valence-corrected chi connectivity index (χ3v) is 8.02. The van der Waals surface area contributed by atoms with Gasteiger partial charge in [0.15, 0.2) is 5.11 Å². The number of piperazine rings is 1. The molecule has 2 saturated heterocycles. The highest BCUT2D eigenvalue weighted by atomic mass is 32.1. The predicted octanol–water partition coefficient (Wildman–Crippen LogP) is 3.60. The molecular formula is C23H33N3O4S2. The maximum atomic E-state index is 12.8. The molecule has 7 nitrogen and oxygen atoms in total. The third-order valence-electron chi connectivity index (χ3n) is 6.46. The molecule has 32 heavy (non-hydrogen) atoms. The first-order valence-electron chi connectivity index (χ1n) is 11.9. The molecule has 1 aliphatic carbocycles. The van der Waals surface area contributed by atoms with Crippen molar-refractivity contribution in [3.8, 4) is 0 Å². The number of amides is 1. The lowest BCUT2D eigenvalue weighted by molar-refractivity contribution is -0.142. The van der Waals surface area contributed by atoms with Gasteiger partial charge in [0.1, 0.15) is 11.1 Å². The normalized spacial score (nSPS) is 21.5. The van der Waals surface area contributed by atoms with Crippen LogP contribution in [-0.4, -0.2) is 72.3 Å². The lowest BCUT2D eigenvalue weighted by atomic mass is 9.96. The Morgan fingerprint density at radius 3 is 2.50 bits per heavy atom. The molecule has 1 atom stereocenters. The Bertz CT molecular complexity index is 843. The zero-order valence-corrected chi connectivity index (χ0v) is 20.5. The lowest BCUT2D eigenvalue weighted by Crippen LogP contribution is -2.53. The molecule has 4 rings (SSSR count). The van der Waals surface area contributed by atoms with Crippen molar-refractivity contribution in [1.82, 2.24) is 9.80 Å². The molecule has 1 N–H and O–H groups in total. The first kappa shape index (κ1) is 23.4. The summed E-state index contributed by atoms with van der Waals surface area (Å²) in [5.74, 6) is -0.161. The van der Waals surface area contributed by atoms with Gasteiger partial charge in [-0.3, -0.25) is 4.79 Å². The second kappa shape index (κ2) is 10.9. The van der Waals surface area contributed by atoms with Crippen molar-refractivity contribution in [2.24, 2.45) is 0 Å². The van der Waals surface area contributed by atoms with Crippen molar-refractivity contribution in [2.75, 3.05) is 44.7 Å². The number of anilines is 1. The van der Waals surface area contributed by atoms with Gasteiger partial charge >= 0.3 is 5.97 Å². The minimum absolute atomic E-state index is 0.101. The summed E-state index contributed by atoms with van der Waals surface area (Å²) in [6.45, 7) is 5.47. The quantitative estimate of drug-likeness (QED) is 0.523. The number of fused-ring (bicyclic) bond motifs is 1. The van der Waals surface area contributed by atoms with Crippen LogP contribution in [0.1, 0.15) is 66.2 Å². The summed E-state index contributed by atoms with van der Waals surface area (Å²) in [5, 5.41) is 4.77. The Morgan fingerprint density at radius 1 is 1.09 bits per heavy atom. The highest BCUT2D eigenvalue weighted by Gasteiger charge is 2.31. The predicted molar refractivity (Wildman–Crippen MR) is 129 cm³/mol. The van der Waals surface area contributed by atoms with E-state index in [2.05, 4.69) is 10.2 Å². The minimum atomic E-state index is -0.274. The Kier molecular flexibility index (Phi) is 8.02. The smallest absolute Gasteiger partial charge is 0.341 e. The largest absolute Gasteiger partial charge is 0.462 e. The monoisotopic (exact) mass is 479 g/mol. The highest BCUT2D eigenvalue weighted by molar-refractivity contribution is 7.80. The molecule has 3 heterocycles. The summed E-state index contributed by atoms with van der Waals surface area (Å²) in [6.07, 6.45) is 8.11. The highest BCUT2D eigenvalue weighted by Crippen LogP contribution is 2.37. The van der Waals surface area contributed by atoms with E-state index in [0.29, 0.717) is 50.1 Å². The summed E-state index contributed by atoms with van der Waals surface area (Å²) >= 11 is 7.36. The van der Waals surface area contributed by atoms with Crippen molar-refractivity contribution in [1.29, 1.82) is 0 Å². The molecule has 0 unspecified atom stereocenters. The van der Waals surface area contributed by atoms with E-state index in [-0.39, 0.29) is 18.0 Å². The first-order valence-corrected chi connectivity index (χ1v) is 13.1. The topological polar surface area (TPSA) is 71.1 Å².